The Hall–Kier alpha value is -4.01. The third-order valence-electron chi connectivity index (χ3n) is 8.03. The van der Waals surface area contributed by atoms with Crippen molar-refractivity contribution in [3.8, 4) is 5.88 Å². The maximum Gasteiger partial charge on any atom is 0.410 e. The van der Waals surface area contributed by atoms with Gasteiger partial charge < -0.3 is 29.4 Å². The molecule has 1 aliphatic carbocycles. The zero-order valence-electron chi connectivity index (χ0n) is 24.0. The second-order valence-electron chi connectivity index (χ2n) is 11.1. The second kappa shape index (κ2) is 12.5. The Morgan fingerprint density at radius 1 is 1.20 bits per heavy atom. The van der Waals surface area contributed by atoms with Crippen LogP contribution in [0, 0.1) is 5.92 Å². The topological polar surface area (TPSA) is 119 Å². The molecular formula is C29H32F5N5O5. The zero-order chi connectivity index (χ0) is 31.6. The van der Waals surface area contributed by atoms with E-state index in [0.717, 1.165) is 4.90 Å². The van der Waals surface area contributed by atoms with E-state index >= 15 is 0 Å². The van der Waals surface area contributed by atoms with Gasteiger partial charge in [-0.2, -0.15) is 13.2 Å². The minimum atomic E-state index is -4.61. The van der Waals surface area contributed by atoms with Crippen LogP contribution in [0.15, 0.2) is 40.9 Å². The van der Waals surface area contributed by atoms with E-state index in [1.54, 1.807) is 30.3 Å². The van der Waals surface area contributed by atoms with Crippen molar-refractivity contribution in [2.75, 3.05) is 27.4 Å². The number of carbonyl (C=O) groups is 2. The van der Waals surface area contributed by atoms with Crippen LogP contribution in [0.3, 0.4) is 0 Å². The summed E-state index contributed by atoms with van der Waals surface area (Å²) in [6, 6.07) is 3.49. The van der Waals surface area contributed by atoms with Crippen LogP contribution in [-0.4, -0.2) is 72.3 Å². The van der Waals surface area contributed by atoms with E-state index < -0.39 is 42.8 Å². The second-order valence-corrected chi connectivity index (χ2v) is 11.1. The quantitative estimate of drug-likeness (QED) is 0.301. The Morgan fingerprint density at radius 3 is 2.57 bits per heavy atom. The lowest BCUT2D eigenvalue weighted by Gasteiger charge is -2.32. The number of hydrogen-bond acceptors (Lipinski definition) is 7. The Bertz CT molecular complexity index is 1470. The highest BCUT2D eigenvalue weighted by Gasteiger charge is 2.48. The summed E-state index contributed by atoms with van der Waals surface area (Å²) < 4.78 is 84.2. The highest BCUT2D eigenvalue weighted by Crippen LogP contribution is 2.42. The lowest BCUT2D eigenvalue weighted by atomic mass is 9.82. The number of nitrogens with one attached hydrogen (secondary N) is 2. The molecule has 1 saturated heterocycles. The molecule has 1 aliphatic heterocycles. The molecule has 1 aromatic carbocycles. The Labute approximate surface area is 249 Å². The van der Waals surface area contributed by atoms with E-state index in [9.17, 15) is 31.5 Å². The number of nitrogens with zero attached hydrogens (tertiary/aromatic N) is 3. The number of methoxy groups -OCH3 is 2. The molecule has 2 aromatic heterocycles. The van der Waals surface area contributed by atoms with Gasteiger partial charge >= 0.3 is 12.2 Å². The molecule has 1 saturated carbocycles. The first kappa shape index (κ1) is 31.4. The molecule has 44 heavy (non-hydrogen) atoms. The summed E-state index contributed by atoms with van der Waals surface area (Å²) in [6.45, 7) is -0.675. The van der Waals surface area contributed by atoms with Crippen LogP contribution >= 0.6 is 0 Å². The molecular weight excluding hydrogens is 593 g/mol. The number of ether oxygens (including phenoxy) is 2. The molecule has 15 heteroatoms. The van der Waals surface area contributed by atoms with Crippen LogP contribution in [0.2, 0.25) is 0 Å². The van der Waals surface area contributed by atoms with Crippen molar-refractivity contribution >= 4 is 23.0 Å². The molecule has 3 atom stereocenters. The van der Waals surface area contributed by atoms with Gasteiger partial charge in [0.25, 0.3) is 0 Å². The summed E-state index contributed by atoms with van der Waals surface area (Å²) in [6.07, 6.45) is -3.56. The smallest absolute Gasteiger partial charge is 0.410 e. The number of urea groups is 1. The number of hydrogen-bond donors (Lipinski definition) is 2. The van der Waals surface area contributed by atoms with Gasteiger partial charge in [0.15, 0.2) is 5.58 Å². The molecule has 238 valence electrons. The number of halogens is 5. The van der Waals surface area contributed by atoms with Gasteiger partial charge in [0.1, 0.15) is 17.6 Å². The summed E-state index contributed by atoms with van der Waals surface area (Å²) >= 11 is 0. The van der Waals surface area contributed by atoms with Gasteiger partial charge in [-0.25, -0.2) is 23.5 Å². The fourth-order valence-electron chi connectivity index (χ4n) is 5.66. The van der Waals surface area contributed by atoms with Crippen molar-refractivity contribution in [1.29, 1.82) is 0 Å². The van der Waals surface area contributed by atoms with Crippen LogP contribution in [-0.2, 0) is 16.0 Å². The maximum absolute atomic E-state index is 14.0. The first-order valence-corrected chi connectivity index (χ1v) is 14.1. The lowest BCUT2D eigenvalue weighted by molar-refractivity contribution is -0.150. The van der Waals surface area contributed by atoms with Gasteiger partial charge in [0.05, 0.1) is 32.7 Å². The first-order valence-electron chi connectivity index (χ1n) is 14.1. The van der Waals surface area contributed by atoms with Gasteiger partial charge in [-0.05, 0) is 42.0 Å². The number of benzene rings is 1. The van der Waals surface area contributed by atoms with Gasteiger partial charge in [0, 0.05) is 32.2 Å². The average Bonchev–Trinajstić information content (AvgIpc) is 3.58. The van der Waals surface area contributed by atoms with Crippen LogP contribution in [0.25, 0.3) is 11.1 Å². The minimum Gasteiger partial charge on any atom is -0.481 e. The zero-order valence-corrected chi connectivity index (χ0v) is 24.0. The van der Waals surface area contributed by atoms with Crippen LogP contribution in [0.1, 0.15) is 54.8 Å². The van der Waals surface area contributed by atoms with Crippen LogP contribution in [0.5, 0.6) is 5.88 Å². The minimum absolute atomic E-state index is 0.0315. The Balaban J connectivity index is 1.41. The lowest BCUT2D eigenvalue weighted by Crippen LogP contribution is -2.40. The number of fused-ring (bicyclic) bond motifs is 1. The van der Waals surface area contributed by atoms with Gasteiger partial charge in [-0.3, -0.25) is 4.79 Å². The number of carbonyl (C=O) groups excluding carboxylic acids is 2. The third kappa shape index (κ3) is 7.03. The normalized spacial score (nSPS) is 20.4. The van der Waals surface area contributed by atoms with Gasteiger partial charge in [-0.15, -0.1) is 0 Å². The Kier molecular flexibility index (Phi) is 8.95. The molecule has 3 unspecified atom stereocenters. The highest BCUT2D eigenvalue weighted by molar-refractivity contribution is 5.80. The predicted molar refractivity (Wildman–Crippen MR) is 146 cm³/mol. The van der Waals surface area contributed by atoms with Crippen molar-refractivity contribution in [2.45, 2.75) is 62.3 Å². The van der Waals surface area contributed by atoms with Gasteiger partial charge in [-0.1, -0.05) is 12.1 Å². The molecule has 3 heterocycles. The van der Waals surface area contributed by atoms with Crippen molar-refractivity contribution in [3.63, 3.8) is 0 Å². The average molecular weight is 626 g/mol. The molecule has 10 nitrogen and oxygen atoms in total. The number of amides is 3. The predicted octanol–water partition coefficient (Wildman–Crippen LogP) is 5.10. The van der Waals surface area contributed by atoms with E-state index in [4.69, 9.17) is 13.9 Å². The van der Waals surface area contributed by atoms with Crippen molar-refractivity contribution in [3.05, 3.63) is 53.5 Å². The van der Waals surface area contributed by atoms with Crippen LogP contribution < -0.4 is 15.4 Å². The van der Waals surface area contributed by atoms with E-state index in [-0.39, 0.29) is 56.4 Å². The first-order chi connectivity index (χ1) is 20.9. The number of pyridine rings is 1. The van der Waals surface area contributed by atoms with Crippen molar-refractivity contribution < 1.29 is 45.4 Å². The summed E-state index contributed by atoms with van der Waals surface area (Å²) in [5.41, 5.74) is 1.72. The molecule has 0 radical (unpaired) electrons. The van der Waals surface area contributed by atoms with E-state index in [1.807, 2.05) is 5.32 Å². The fraction of sp³-hybridized carbons (Fsp3) is 0.517. The summed E-state index contributed by atoms with van der Waals surface area (Å²) in [5, 5.41) is 4.87. The van der Waals surface area contributed by atoms with E-state index in [0.29, 0.717) is 28.1 Å². The van der Waals surface area contributed by atoms with E-state index in [2.05, 4.69) is 15.3 Å². The fourth-order valence-corrected chi connectivity index (χ4v) is 5.66. The summed E-state index contributed by atoms with van der Waals surface area (Å²) in [5.74, 6) is -3.05. The monoisotopic (exact) mass is 625 g/mol. The molecule has 5 rings (SSSR count). The van der Waals surface area contributed by atoms with Crippen molar-refractivity contribution in [2.24, 2.45) is 5.92 Å². The van der Waals surface area contributed by atoms with Gasteiger partial charge in [0.2, 0.25) is 23.6 Å². The molecule has 0 bridgehead atoms. The molecule has 3 amide bonds. The SMILES string of the molecule is COCC(c1ccc2oc(C(NC(=O)Cc3ccc(OC)nc3)C3CCC(F)(F)CC3)nc2c1)N1CC(C(F)(F)F)NC1=O. The summed E-state index contributed by atoms with van der Waals surface area (Å²) in [4.78, 5) is 35.3. The number of alkyl halides is 5. The molecule has 2 fully saturated rings. The molecule has 0 spiro atoms. The summed E-state index contributed by atoms with van der Waals surface area (Å²) in [7, 11) is 2.85. The van der Waals surface area contributed by atoms with Crippen LogP contribution in [0.4, 0.5) is 26.7 Å². The number of rotatable bonds is 10. The molecule has 3 aromatic rings. The Morgan fingerprint density at radius 2 is 1.95 bits per heavy atom. The molecule has 2 N–H and O–H groups in total. The standard InChI is InChI=1S/C29H32F5N5O5/c1-42-15-20(39-14-22(29(32,33)34)37-27(39)41)18-4-5-21-19(12-18)36-26(44-21)25(17-7-9-28(30,31)10-8-17)38-23(40)11-16-3-6-24(43-2)35-13-16/h3-6,12-13,17,20,22,25H,7-11,14-15H2,1-2H3,(H,37,41)(H,38,40). The number of aromatic nitrogens is 2. The maximum atomic E-state index is 14.0. The van der Waals surface area contributed by atoms with E-state index in [1.165, 1.54) is 20.4 Å². The number of oxazole rings is 1. The third-order valence-corrected chi connectivity index (χ3v) is 8.03. The largest absolute Gasteiger partial charge is 0.481 e. The highest BCUT2D eigenvalue weighted by atomic mass is 19.4. The molecule has 2 aliphatic rings. The van der Waals surface area contributed by atoms with Crippen molar-refractivity contribution in [1.82, 2.24) is 25.5 Å².